The van der Waals surface area contributed by atoms with Crippen LogP contribution in [-0.2, 0) is 9.59 Å². The van der Waals surface area contributed by atoms with Crippen molar-refractivity contribution in [2.75, 3.05) is 6.54 Å². The third-order valence-electron chi connectivity index (χ3n) is 3.07. The van der Waals surface area contributed by atoms with Crippen molar-refractivity contribution in [2.45, 2.75) is 25.4 Å². The van der Waals surface area contributed by atoms with E-state index in [1.807, 2.05) is 0 Å². The fraction of sp³-hybridized carbons (Fsp3) is 0.333. The van der Waals surface area contributed by atoms with E-state index in [4.69, 9.17) is 21.7 Å². The van der Waals surface area contributed by atoms with E-state index in [0.29, 0.717) is 11.1 Å². The van der Waals surface area contributed by atoms with Gasteiger partial charge in [-0.25, -0.2) is 0 Å². The third kappa shape index (κ3) is 6.70. The number of nitrogen functional groups attached to an aromatic ring is 1. The SMILES string of the molecule is N=C(N)c1ccc(C(=N)CC(O)CC(=O)NCCC(=O)O)cc1. The molecule has 0 aliphatic heterocycles. The van der Waals surface area contributed by atoms with Gasteiger partial charge in [-0.3, -0.25) is 15.0 Å². The van der Waals surface area contributed by atoms with Crippen LogP contribution in [0.2, 0.25) is 0 Å². The van der Waals surface area contributed by atoms with Crippen molar-refractivity contribution in [3.8, 4) is 0 Å². The number of carbonyl (C=O) groups is 2. The molecular weight excluding hydrogens is 300 g/mol. The fourth-order valence-electron chi connectivity index (χ4n) is 1.87. The standard InChI is InChI=1S/C15H20N4O4/c16-12(9-1-3-10(4-2-9)15(17)18)7-11(20)8-13(21)19-6-5-14(22)23/h1-4,11,16,20H,5-8H2,(H3,17,18)(H,19,21)(H,22,23). The minimum absolute atomic E-state index is 0.00480. The molecule has 0 fully saturated rings. The summed E-state index contributed by atoms with van der Waals surface area (Å²) in [5, 5.41) is 35.9. The summed E-state index contributed by atoms with van der Waals surface area (Å²) in [6, 6.07) is 6.46. The predicted octanol–water partition coefficient (Wildman–Crippen LogP) is 0.0705. The Labute approximate surface area is 133 Å². The number of amides is 1. The summed E-state index contributed by atoms with van der Waals surface area (Å²) < 4.78 is 0. The van der Waals surface area contributed by atoms with Crippen LogP contribution in [0.25, 0.3) is 0 Å². The average Bonchev–Trinajstić information content (AvgIpc) is 2.46. The molecule has 23 heavy (non-hydrogen) atoms. The van der Waals surface area contributed by atoms with Crippen LogP contribution in [0.5, 0.6) is 0 Å². The van der Waals surface area contributed by atoms with E-state index in [1.54, 1.807) is 24.3 Å². The Balaban J connectivity index is 2.45. The van der Waals surface area contributed by atoms with Crippen LogP contribution in [0.3, 0.4) is 0 Å². The highest BCUT2D eigenvalue weighted by atomic mass is 16.4. The van der Waals surface area contributed by atoms with Crippen molar-refractivity contribution in [3.05, 3.63) is 35.4 Å². The molecule has 8 heteroatoms. The van der Waals surface area contributed by atoms with Crippen molar-refractivity contribution in [1.82, 2.24) is 5.32 Å². The van der Waals surface area contributed by atoms with Gasteiger partial charge in [0.05, 0.1) is 18.9 Å². The molecule has 1 unspecified atom stereocenters. The van der Waals surface area contributed by atoms with Gasteiger partial charge in [0.15, 0.2) is 0 Å². The molecule has 0 bridgehead atoms. The van der Waals surface area contributed by atoms with Gasteiger partial charge in [-0.2, -0.15) is 0 Å². The highest BCUT2D eigenvalue weighted by Gasteiger charge is 2.14. The summed E-state index contributed by atoms with van der Waals surface area (Å²) in [6.07, 6.45) is -1.42. The van der Waals surface area contributed by atoms with Crippen molar-refractivity contribution < 1.29 is 19.8 Å². The summed E-state index contributed by atoms with van der Waals surface area (Å²) in [4.78, 5) is 21.8. The molecule has 124 valence electrons. The maximum Gasteiger partial charge on any atom is 0.305 e. The number of amidine groups is 1. The third-order valence-corrected chi connectivity index (χ3v) is 3.07. The molecule has 1 aromatic rings. The molecule has 1 aromatic carbocycles. The van der Waals surface area contributed by atoms with Crippen LogP contribution in [0.4, 0.5) is 0 Å². The first-order valence-corrected chi connectivity index (χ1v) is 6.98. The molecule has 1 amide bonds. The monoisotopic (exact) mass is 320 g/mol. The van der Waals surface area contributed by atoms with Gasteiger partial charge in [0.2, 0.25) is 5.91 Å². The average molecular weight is 320 g/mol. The lowest BCUT2D eigenvalue weighted by Crippen LogP contribution is -2.30. The predicted molar refractivity (Wildman–Crippen MR) is 84.8 cm³/mol. The van der Waals surface area contributed by atoms with Crippen LogP contribution in [0.15, 0.2) is 24.3 Å². The second kappa shape index (κ2) is 8.64. The second-order valence-corrected chi connectivity index (χ2v) is 5.03. The Morgan fingerprint density at radius 3 is 2.22 bits per heavy atom. The van der Waals surface area contributed by atoms with Crippen molar-refractivity contribution in [1.29, 1.82) is 10.8 Å². The zero-order chi connectivity index (χ0) is 17.4. The number of nitrogens with two attached hydrogens (primary N) is 1. The van der Waals surface area contributed by atoms with Crippen molar-refractivity contribution >= 4 is 23.4 Å². The summed E-state index contributed by atoms with van der Waals surface area (Å²) in [5.74, 6) is -1.54. The topological polar surface area (TPSA) is 160 Å². The highest BCUT2D eigenvalue weighted by molar-refractivity contribution is 6.00. The number of aliphatic hydroxyl groups is 1. The molecule has 0 saturated carbocycles. The number of carboxylic acid groups (broad SMARTS) is 1. The smallest absolute Gasteiger partial charge is 0.305 e. The van der Waals surface area contributed by atoms with Gasteiger partial charge in [-0.05, 0) is 5.56 Å². The normalized spacial score (nSPS) is 11.5. The Morgan fingerprint density at radius 1 is 1.13 bits per heavy atom. The van der Waals surface area contributed by atoms with E-state index in [-0.39, 0.29) is 37.4 Å². The highest BCUT2D eigenvalue weighted by Crippen LogP contribution is 2.09. The van der Waals surface area contributed by atoms with E-state index >= 15 is 0 Å². The van der Waals surface area contributed by atoms with Crippen LogP contribution in [-0.4, -0.2) is 46.3 Å². The molecule has 0 spiro atoms. The van der Waals surface area contributed by atoms with Gasteiger partial charge in [0.1, 0.15) is 5.84 Å². The van der Waals surface area contributed by atoms with Crippen LogP contribution >= 0.6 is 0 Å². The molecule has 0 aliphatic rings. The summed E-state index contributed by atoms with van der Waals surface area (Å²) in [6.45, 7) is 0.00480. The summed E-state index contributed by atoms with van der Waals surface area (Å²) >= 11 is 0. The Morgan fingerprint density at radius 2 is 1.70 bits per heavy atom. The van der Waals surface area contributed by atoms with E-state index in [9.17, 15) is 14.7 Å². The maximum atomic E-state index is 11.5. The number of rotatable bonds is 9. The maximum absolute atomic E-state index is 11.5. The Kier molecular flexibility index (Phi) is 6.88. The van der Waals surface area contributed by atoms with Crippen LogP contribution in [0.1, 0.15) is 30.4 Å². The molecule has 0 saturated heterocycles. The molecular formula is C15H20N4O4. The largest absolute Gasteiger partial charge is 0.481 e. The van der Waals surface area contributed by atoms with E-state index in [0.717, 1.165) is 0 Å². The molecule has 1 rings (SSSR count). The second-order valence-electron chi connectivity index (χ2n) is 5.03. The number of carbonyl (C=O) groups excluding carboxylic acids is 1. The van der Waals surface area contributed by atoms with Gasteiger partial charge in [-0.15, -0.1) is 0 Å². The number of aliphatic carboxylic acids is 1. The van der Waals surface area contributed by atoms with Crippen molar-refractivity contribution in [3.63, 3.8) is 0 Å². The molecule has 0 aliphatic carbocycles. The molecule has 0 aromatic heterocycles. The minimum Gasteiger partial charge on any atom is -0.481 e. The van der Waals surface area contributed by atoms with Gasteiger partial charge in [0.25, 0.3) is 0 Å². The molecule has 7 N–H and O–H groups in total. The van der Waals surface area contributed by atoms with Crippen molar-refractivity contribution in [2.24, 2.45) is 5.73 Å². The molecule has 0 heterocycles. The zero-order valence-corrected chi connectivity index (χ0v) is 12.5. The summed E-state index contributed by atoms with van der Waals surface area (Å²) in [7, 11) is 0. The van der Waals surface area contributed by atoms with E-state index in [2.05, 4.69) is 5.32 Å². The first kappa shape index (κ1) is 18.3. The van der Waals surface area contributed by atoms with Gasteiger partial charge in [0, 0.05) is 24.2 Å². The van der Waals surface area contributed by atoms with Gasteiger partial charge in [-0.1, -0.05) is 24.3 Å². The zero-order valence-electron chi connectivity index (χ0n) is 12.5. The number of benzene rings is 1. The Hall–Kier alpha value is -2.74. The lowest BCUT2D eigenvalue weighted by molar-refractivity contribution is -0.136. The number of nitrogens with one attached hydrogen (secondary N) is 3. The van der Waals surface area contributed by atoms with Gasteiger partial charge < -0.3 is 26.7 Å². The number of hydrogen-bond donors (Lipinski definition) is 6. The number of aliphatic hydroxyl groups excluding tert-OH is 1. The fourth-order valence-corrected chi connectivity index (χ4v) is 1.87. The molecule has 8 nitrogen and oxygen atoms in total. The lowest BCUT2D eigenvalue weighted by atomic mass is 10.0. The Bertz CT molecular complexity index is 598. The first-order valence-electron chi connectivity index (χ1n) is 6.98. The molecule has 1 atom stereocenters. The minimum atomic E-state index is -1.03. The van der Waals surface area contributed by atoms with Crippen LogP contribution < -0.4 is 11.1 Å². The van der Waals surface area contributed by atoms with Crippen LogP contribution in [0, 0.1) is 10.8 Å². The quantitative estimate of drug-likeness (QED) is 0.280. The first-order chi connectivity index (χ1) is 10.8. The molecule has 0 radical (unpaired) electrons. The van der Waals surface area contributed by atoms with Gasteiger partial charge >= 0.3 is 5.97 Å². The van der Waals surface area contributed by atoms with E-state index in [1.165, 1.54) is 0 Å². The lowest BCUT2D eigenvalue weighted by Gasteiger charge is -2.12. The van der Waals surface area contributed by atoms with E-state index < -0.39 is 18.0 Å². The number of carboxylic acids is 1. The summed E-state index contributed by atoms with van der Waals surface area (Å²) in [5.41, 5.74) is 6.61. The number of hydrogen-bond acceptors (Lipinski definition) is 5.